The van der Waals surface area contributed by atoms with Crippen LogP contribution in [0.15, 0.2) is 64.0 Å². The second-order valence-corrected chi connectivity index (χ2v) is 13.7. The van der Waals surface area contributed by atoms with Gasteiger partial charge in [0.15, 0.2) is 5.65 Å². The molecule has 0 saturated heterocycles. The van der Waals surface area contributed by atoms with Gasteiger partial charge in [0.1, 0.15) is 35.4 Å². The summed E-state index contributed by atoms with van der Waals surface area (Å²) in [6.07, 6.45) is 0.152. The summed E-state index contributed by atoms with van der Waals surface area (Å²) in [6, 6.07) is 10.2. The molecule has 3 aromatic heterocycles. The lowest BCUT2D eigenvalue weighted by Gasteiger charge is -2.23. The fourth-order valence-electron chi connectivity index (χ4n) is 6.98. The Morgan fingerprint density at radius 1 is 1.06 bits per heavy atom. The zero-order chi connectivity index (χ0) is 34.4. The molecule has 1 N–H and O–H groups in total. The Morgan fingerprint density at radius 2 is 1.78 bits per heavy atom. The summed E-state index contributed by atoms with van der Waals surface area (Å²) in [5.41, 5.74) is -0.697. The normalized spacial score (nSPS) is 19.6. The number of rotatable bonds is 9. The first-order chi connectivity index (χ1) is 23.4. The van der Waals surface area contributed by atoms with Crippen LogP contribution in [0, 0.1) is 17.6 Å². The number of hydrogen-bond donors (Lipinski definition) is 1. The molecule has 8 nitrogen and oxygen atoms in total. The Bertz CT molecular complexity index is 2200. The average molecular weight is 744 g/mol. The van der Waals surface area contributed by atoms with Gasteiger partial charge in [-0.3, -0.25) is 18.8 Å². The number of halogens is 7. The molecule has 0 bridgehead atoms. The molecule has 3 heterocycles. The average Bonchev–Trinajstić information content (AvgIpc) is 3.97. The molecule has 252 valence electrons. The predicted molar refractivity (Wildman–Crippen MR) is 168 cm³/mol. The molecule has 3 atom stereocenters. The number of nitrogens with one attached hydrogen (secondary N) is 1. The Hall–Kier alpha value is -4.53. The maximum absolute atomic E-state index is 15.2. The summed E-state index contributed by atoms with van der Waals surface area (Å²) >= 11 is 3.32. The van der Waals surface area contributed by atoms with Crippen LogP contribution in [0.25, 0.3) is 16.7 Å². The number of carbonyl (C=O) groups excluding carboxylic acids is 1. The van der Waals surface area contributed by atoms with E-state index < -0.39 is 71.3 Å². The van der Waals surface area contributed by atoms with Crippen LogP contribution in [-0.2, 0) is 23.7 Å². The zero-order valence-electron chi connectivity index (χ0n) is 25.3. The molecule has 3 aliphatic carbocycles. The summed E-state index contributed by atoms with van der Waals surface area (Å²) in [7, 11) is 0. The SMILES string of the molecule is O=C(Cn1nc(C(F)F)c2c1C(F)(F)[C@@H]1C[C@H]21)N[C@@H](Cc1cc(F)cc(F)c1)c1nc2ncc(Br)cc2c(=O)n1-c1ccc(C2CC2)cc1. The van der Waals surface area contributed by atoms with Crippen LogP contribution in [0.4, 0.5) is 26.3 Å². The zero-order valence-corrected chi connectivity index (χ0v) is 26.9. The molecule has 0 radical (unpaired) electrons. The van der Waals surface area contributed by atoms with Crippen LogP contribution >= 0.6 is 15.9 Å². The van der Waals surface area contributed by atoms with Crippen molar-refractivity contribution >= 4 is 32.9 Å². The molecule has 49 heavy (non-hydrogen) atoms. The fourth-order valence-corrected chi connectivity index (χ4v) is 7.31. The molecule has 15 heteroatoms. The number of amides is 1. The molecular weight excluding hydrogens is 718 g/mol. The van der Waals surface area contributed by atoms with Crippen molar-refractivity contribution in [1.82, 2.24) is 29.6 Å². The van der Waals surface area contributed by atoms with Gasteiger partial charge in [-0.05, 0) is 88.5 Å². The molecule has 2 fully saturated rings. The van der Waals surface area contributed by atoms with E-state index >= 15 is 8.78 Å². The van der Waals surface area contributed by atoms with Gasteiger partial charge in [-0.15, -0.1) is 0 Å². The molecular formula is C34H25BrF6N6O2. The summed E-state index contributed by atoms with van der Waals surface area (Å²) in [4.78, 5) is 36.7. The Morgan fingerprint density at radius 3 is 2.45 bits per heavy atom. The van der Waals surface area contributed by atoms with Gasteiger partial charge in [0.25, 0.3) is 17.9 Å². The highest BCUT2D eigenvalue weighted by molar-refractivity contribution is 9.10. The topological polar surface area (TPSA) is 94.7 Å². The van der Waals surface area contributed by atoms with Crippen LogP contribution in [0.2, 0.25) is 0 Å². The highest BCUT2D eigenvalue weighted by atomic mass is 79.9. The minimum atomic E-state index is -3.45. The number of fused-ring (bicyclic) bond motifs is 4. The minimum Gasteiger partial charge on any atom is -0.344 e. The molecule has 3 aliphatic rings. The summed E-state index contributed by atoms with van der Waals surface area (Å²) < 4.78 is 89.3. The lowest BCUT2D eigenvalue weighted by molar-refractivity contribution is -0.123. The van der Waals surface area contributed by atoms with E-state index in [0.717, 1.165) is 30.5 Å². The molecule has 5 aromatic rings. The third kappa shape index (κ3) is 5.61. The van der Waals surface area contributed by atoms with Gasteiger partial charge in [0.05, 0.1) is 17.1 Å². The van der Waals surface area contributed by atoms with Crippen molar-refractivity contribution in [2.45, 2.75) is 62.5 Å². The third-order valence-corrected chi connectivity index (χ3v) is 9.82. The van der Waals surface area contributed by atoms with Crippen LogP contribution < -0.4 is 10.9 Å². The van der Waals surface area contributed by atoms with E-state index in [4.69, 9.17) is 0 Å². The number of hydrogen-bond acceptors (Lipinski definition) is 5. The number of aromatic nitrogens is 5. The second kappa shape index (κ2) is 11.5. The van der Waals surface area contributed by atoms with Gasteiger partial charge >= 0.3 is 0 Å². The number of pyridine rings is 1. The van der Waals surface area contributed by atoms with Crippen LogP contribution in [-0.4, -0.2) is 30.2 Å². The van der Waals surface area contributed by atoms with Crippen molar-refractivity contribution in [1.29, 1.82) is 0 Å². The van der Waals surface area contributed by atoms with Crippen molar-refractivity contribution in [3.8, 4) is 5.69 Å². The largest absolute Gasteiger partial charge is 0.344 e. The van der Waals surface area contributed by atoms with Gasteiger partial charge in [-0.1, -0.05) is 12.1 Å². The Balaban J connectivity index is 1.23. The highest BCUT2D eigenvalue weighted by Crippen LogP contribution is 2.68. The molecule has 8 rings (SSSR count). The first-order valence-corrected chi connectivity index (χ1v) is 16.4. The van der Waals surface area contributed by atoms with Crippen LogP contribution in [0.3, 0.4) is 0 Å². The van der Waals surface area contributed by atoms with E-state index in [-0.39, 0.29) is 40.8 Å². The summed E-state index contributed by atoms with van der Waals surface area (Å²) in [5, 5.41) is 6.53. The monoisotopic (exact) mass is 742 g/mol. The van der Waals surface area contributed by atoms with Gasteiger partial charge in [-0.25, -0.2) is 27.5 Å². The van der Waals surface area contributed by atoms with Crippen molar-refractivity contribution in [2.75, 3.05) is 0 Å². The molecule has 0 aliphatic heterocycles. The lowest BCUT2D eigenvalue weighted by Crippen LogP contribution is -2.38. The van der Waals surface area contributed by atoms with Crippen molar-refractivity contribution in [3.63, 3.8) is 0 Å². The predicted octanol–water partition coefficient (Wildman–Crippen LogP) is 7.14. The van der Waals surface area contributed by atoms with Gasteiger partial charge in [0.2, 0.25) is 5.91 Å². The smallest absolute Gasteiger partial charge is 0.293 e. The molecule has 0 unspecified atom stereocenters. The quantitative estimate of drug-likeness (QED) is 0.162. The van der Waals surface area contributed by atoms with Crippen molar-refractivity contribution in [2.24, 2.45) is 5.92 Å². The maximum Gasteiger partial charge on any atom is 0.293 e. The standard InChI is InChI=1S/C34H25BrF6N6O2/c35-18-10-23-31(42-13-18)44-32(47(33(23)49)21-5-3-17(4-6-21)16-1-2-16)25(9-15-7-19(36)11-20(37)8-15)43-26(48)14-46-29-27(28(45-46)30(38)39)22-12-24(22)34(29,40)41/h3-8,10-11,13,16,22,24-25,30H,1-2,9,12,14H2,(H,43,48)/t22-,24+,25-/m0/s1. The number of alkyl halides is 4. The van der Waals surface area contributed by atoms with Gasteiger partial charge < -0.3 is 5.32 Å². The Kier molecular flexibility index (Phi) is 7.46. The minimum absolute atomic E-state index is 0.0176. The van der Waals surface area contributed by atoms with E-state index in [2.05, 4.69) is 36.3 Å². The molecule has 1 amide bonds. The second-order valence-electron chi connectivity index (χ2n) is 12.8. The molecule has 2 aromatic carbocycles. The highest BCUT2D eigenvalue weighted by Gasteiger charge is 2.67. The first-order valence-electron chi connectivity index (χ1n) is 15.6. The van der Waals surface area contributed by atoms with E-state index in [1.54, 1.807) is 12.1 Å². The lowest BCUT2D eigenvalue weighted by atomic mass is 10.0. The molecule has 2 saturated carbocycles. The van der Waals surface area contributed by atoms with E-state index in [9.17, 15) is 27.2 Å². The van der Waals surface area contributed by atoms with Crippen LogP contribution in [0.5, 0.6) is 0 Å². The van der Waals surface area contributed by atoms with Crippen LogP contribution in [0.1, 0.15) is 77.5 Å². The van der Waals surface area contributed by atoms with Crippen molar-refractivity contribution < 1.29 is 31.1 Å². The Labute approximate surface area is 282 Å². The van der Waals surface area contributed by atoms with Gasteiger partial charge in [0, 0.05) is 34.6 Å². The first kappa shape index (κ1) is 31.7. The van der Waals surface area contributed by atoms with E-state index in [1.165, 1.54) is 16.8 Å². The summed E-state index contributed by atoms with van der Waals surface area (Å²) in [5.74, 6) is -7.69. The molecule has 0 spiro atoms. The summed E-state index contributed by atoms with van der Waals surface area (Å²) in [6.45, 7) is -0.864. The fraction of sp³-hybridized carbons (Fsp3) is 0.324. The number of nitrogens with zero attached hydrogens (tertiary/aromatic N) is 5. The van der Waals surface area contributed by atoms with E-state index in [1.807, 2.05) is 12.1 Å². The maximum atomic E-state index is 15.2. The van der Waals surface area contributed by atoms with Crippen molar-refractivity contribution in [3.05, 3.63) is 115 Å². The van der Waals surface area contributed by atoms with E-state index in [0.29, 0.717) is 26.8 Å². The van der Waals surface area contributed by atoms with Gasteiger partial charge in [-0.2, -0.15) is 13.9 Å². The number of carbonyl (C=O) groups is 1. The third-order valence-electron chi connectivity index (χ3n) is 9.39. The number of benzene rings is 2.